The van der Waals surface area contributed by atoms with Crippen LogP contribution in [0.1, 0.15) is 13.3 Å². The molecule has 0 aromatic rings. The second kappa shape index (κ2) is 2.87. The third kappa shape index (κ3) is 1.45. The predicted molar refractivity (Wildman–Crippen MR) is 38.9 cm³/mol. The van der Waals surface area contributed by atoms with Gasteiger partial charge in [0.25, 0.3) is 0 Å². The quantitative estimate of drug-likeness (QED) is 0.535. The van der Waals surface area contributed by atoms with Crippen LogP contribution >= 0.6 is 0 Å². The summed E-state index contributed by atoms with van der Waals surface area (Å²) in [5.74, 6) is 0.691. The Balaban J connectivity index is 2.53. The lowest BCUT2D eigenvalue weighted by Crippen LogP contribution is -2.23. The van der Waals surface area contributed by atoms with Crippen LogP contribution in [0.4, 0.5) is 0 Å². The molecule has 0 unspecified atom stereocenters. The van der Waals surface area contributed by atoms with E-state index >= 15 is 0 Å². The van der Waals surface area contributed by atoms with Crippen molar-refractivity contribution in [1.29, 1.82) is 0 Å². The van der Waals surface area contributed by atoms with Crippen molar-refractivity contribution in [3.8, 4) is 0 Å². The molecule has 9 heavy (non-hydrogen) atoms. The summed E-state index contributed by atoms with van der Waals surface area (Å²) in [5.41, 5.74) is 6.83. The molecule has 52 valence electrons. The van der Waals surface area contributed by atoms with Gasteiger partial charge in [-0.2, -0.15) is 0 Å². The van der Waals surface area contributed by atoms with E-state index in [0.717, 1.165) is 6.54 Å². The standard InChI is InChI=1S/C7H14N2/c1-6-2-3-9-5-7(6)4-8/h5-6,9H,2-4,8H2,1H3/t6-/m0/s1. The average molecular weight is 126 g/mol. The molecule has 1 rings (SSSR count). The molecule has 1 aliphatic rings. The highest BCUT2D eigenvalue weighted by Gasteiger charge is 2.09. The average Bonchev–Trinajstić information content (AvgIpc) is 1.89. The third-order valence-corrected chi connectivity index (χ3v) is 1.88. The highest BCUT2D eigenvalue weighted by atomic mass is 14.8. The summed E-state index contributed by atoms with van der Waals surface area (Å²) in [4.78, 5) is 0. The van der Waals surface area contributed by atoms with Crippen LogP contribution in [0.25, 0.3) is 0 Å². The molecule has 1 atom stereocenters. The molecule has 0 bridgehead atoms. The molecule has 1 heterocycles. The smallest absolute Gasteiger partial charge is 0.0156 e. The first kappa shape index (κ1) is 6.62. The fraction of sp³-hybridized carbons (Fsp3) is 0.714. The maximum atomic E-state index is 5.49. The van der Waals surface area contributed by atoms with E-state index in [0.29, 0.717) is 12.5 Å². The minimum Gasteiger partial charge on any atom is -0.391 e. The van der Waals surface area contributed by atoms with Crippen LogP contribution in [0.15, 0.2) is 11.8 Å². The fourth-order valence-electron chi connectivity index (χ4n) is 1.09. The Morgan fingerprint density at radius 3 is 3.11 bits per heavy atom. The van der Waals surface area contributed by atoms with Gasteiger partial charge in [0.15, 0.2) is 0 Å². The molecule has 0 spiro atoms. The number of hydrogen-bond acceptors (Lipinski definition) is 2. The number of nitrogens with two attached hydrogens (primary N) is 1. The minimum atomic E-state index is 0.691. The largest absolute Gasteiger partial charge is 0.391 e. The zero-order valence-electron chi connectivity index (χ0n) is 5.85. The Bertz CT molecular complexity index is 118. The van der Waals surface area contributed by atoms with E-state index in [-0.39, 0.29) is 0 Å². The Morgan fingerprint density at radius 2 is 2.67 bits per heavy atom. The van der Waals surface area contributed by atoms with Gasteiger partial charge in [-0.3, -0.25) is 0 Å². The van der Waals surface area contributed by atoms with E-state index in [4.69, 9.17) is 5.73 Å². The van der Waals surface area contributed by atoms with Gasteiger partial charge < -0.3 is 11.1 Å². The van der Waals surface area contributed by atoms with E-state index in [9.17, 15) is 0 Å². The third-order valence-electron chi connectivity index (χ3n) is 1.88. The van der Waals surface area contributed by atoms with Gasteiger partial charge in [0.1, 0.15) is 0 Å². The highest BCUT2D eigenvalue weighted by Crippen LogP contribution is 2.14. The molecule has 0 aromatic carbocycles. The second-order valence-electron chi connectivity index (χ2n) is 2.57. The fourth-order valence-corrected chi connectivity index (χ4v) is 1.09. The lowest BCUT2D eigenvalue weighted by Gasteiger charge is -2.19. The van der Waals surface area contributed by atoms with E-state index in [1.54, 1.807) is 0 Å². The topological polar surface area (TPSA) is 38.0 Å². The van der Waals surface area contributed by atoms with Gasteiger partial charge in [0, 0.05) is 13.1 Å². The van der Waals surface area contributed by atoms with Crippen molar-refractivity contribution in [3.63, 3.8) is 0 Å². The van der Waals surface area contributed by atoms with Gasteiger partial charge in [0.2, 0.25) is 0 Å². The van der Waals surface area contributed by atoms with Crippen LogP contribution in [0.5, 0.6) is 0 Å². The van der Waals surface area contributed by atoms with Gasteiger partial charge in [-0.25, -0.2) is 0 Å². The van der Waals surface area contributed by atoms with Gasteiger partial charge in [-0.05, 0) is 24.1 Å². The van der Waals surface area contributed by atoms with Crippen molar-refractivity contribution in [2.45, 2.75) is 13.3 Å². The summed E-state index contributed by atoms with van der Waals surface area (Å²) >= 11 is 0. The first-order valence-electron chi connectivity index (χ1n) is 3.47. The predicted octanol–water partition coefficient (Wildman–Crippen LogP) is 0.458. The number of hydrogen-bond donors (Lipinski definition) is 2. The number of nitrogens with one attached hydrogen (secondary N) is 1. The first-order valence-corrected chi connectivity index (χ1v) is 3.47. The second-order valence-corrected chi connectivity index (χ2v) is 2.57. The van der Waals surface area contributed by atoms with E-state index in [1.807, 2.05) is 6.20 Å². The monoisotopic (exact) mass is 126 g/mol. The molecular weight excluding hydrogens is 112 g/mol. The van der Waals surface area contributed by atoms with Gasteiger partial charge in [0.05, 0.1) is 0 Å². The van der Waals surface area contributed by atoms with Gasteiger partial charge in [-0.1, -0.05) is 6.92 Å². The van der Waals surface area contributed by atoms with Crippen molar-refractivity contribution >= 4 is 0 Å². The van der Waals surface area contributed by atoms with Crippen LogP contribution < -0.4 is 11.1 Å². The zero-order valence-corrected chi connectivity index (χ0v) is 5.85. The normalized spacial score (nSPS) is 26.9. The summed E-state index contributed by atoms with van der Waals surface area (Å²) < 4.78 is 0. The molecule has 3 N–H and O–H groups in total. The molecule has 0 fully saturated rings. The molecule has 0 aromatic heterocycles. The van der Waals surface area contributed by atoms with Crippen LogP contribution in [0.2, 0.25) is 0 Å². The van der Waals surface area contributed by atoms with E-state index < -0.39 is 0 Å². The summed E-state index contributed by atoms with van der Waals surface area (Å²) in [6.45, 7) is 4.03. The molecule has 0 radical (unpaired) electrons. The lowest BCUT2D eigenvalue weighted by atomic mass is 9.96. The molecular formula is C7H14N2. The first-order chi connectivity index (χ1) is 4.34. The van der Waals surface area contributed by atoms with Gasteiger partial charge in [-0.15, -0.1) is 0 Å². The van der Waals surface area contributed by atoms with E-state index in [1.165, 1.54) is 12.0 Å². The van der Waals surface area contributed by atoms with Crippen LogP contribution in [-0.4, -0.2) is 13.1 Å². The van der Waals surface area contributed by atoms with Crippen molar-refractivity contribution in [1.82, 2.24) is 5.32 Å². The Hall–Kier alpha value is -0.500. The van der Waals surface area contributed by atoms with E-state index in [2.05, 4.69) is 12.2 Å². The van der Waals surface area contributed by atoms with Gasteiger partial charge >= 0.3 is 0 Å². The Labute approximate surface area is 56.1 Å². The molecule has 2 heteroatoms. The molecule has 2 nitrogen and oxygen atoms in total. The van der Waals surface area contributed by atoms with Crippen molar-refractivity contribution in [3.05, 3.63) is 11.8 Å². The highest BCUT2D eigenvalue weighted by molar-refractivity contribution is 5.08. The molecule has 0 saturated carbocycles. The van der Waals surface area contributed by atoms with Crippen molar-refractivity contribution in [2.24, 2.45) is 11.7 Å². The molecule has 1 aliphatic heterocycles. The van der Waals surface area contributed by atoms with Crippen molar-refractivity contribution < 1.29 is 0 Å². The maximum Gasteiger partial charge on any atom is 0.0156 e. The number of rotatable bonds is 1. The Morgan fingerprint density at radius 1 is 1.89 bits per heavy atom. The summed E-state index contributed by atoms with van der Waals surface area (Å²) in [7, 11) is 0. The summed E-state index contributed by atoms with van der Waals surface area (Å²) in [6, 6.07) is 0. The lowest BCUT2D eigenvalue weighted by molar-refractivity contribution is 0.548. The zero-order chi connectivity index (χ0) is 6.69. The Kier molecular flexibility index (Phi) is 2.11. The SMILES string of the molecule is C[C@H]1CCNC=C1CN. The maximum absolute atomic E-state index is 5.49. The summed E-state index contributed by atoms with van der Waals surface area (Å²) in [5, 5.41) is 3.17. The molecule has 0 aliphatic carbocycles. The minimum absolute atomic E-state index is 0.691. The van der Waals surface area contributed by atoms with Crippen LogP contribution in [-0.2, 0) is 0 Å². The summed E-state index contributed by atoms with van der Waals surface area (Å²) in [6.07, 6.45) is 3.28. The molecule has 0 amide bonds. The van der Waals surface area contributed by atoms with Crippen LogP contribution in [0.3, 0.4) is 0 Å². The van der Waals surface area contributed by atoms with Crippen LogP contribution in [0, 0.1) is 5.92 Å². The van der Waals surface area contributed by atoms with Crippen molar-refractivity contribution in [2.75, 3.05) is 13.1 Å². The molecule has 0 saturated heterocycles.